The molecular formula is C51H97NO5. The van der Waals surface area contributed by atoms with E-state index in [1.165, 1.54) is 193 Å². The van der Waals surface area contributed by atoms with Crippen LogP contribution in [-0.2, 0) is 14.3 Å². The first-order chi connectivity index (χ1) is 28.0. The number of aliphatic hydroxyl groups is 2. The Bertz CT molecular complexity index is 889. The lowest BCUT2D eigenvalue weighted by atomic mass is 10.0. The number of carbonyl (C=O) groups is 2. The molecule has 0 aromatic heterocycles. The van der Waals surface area contributed by atoms with Crippen molar-refractivity contribution < 1.29 is 24.5 Å². The molecule has 0 fully saturated rings. The fraction of sp³-hybridized carbons (Fsp3) is 0.882. The highest BCUT2D eigenvalue weighted by molar-refractivity contribution is 5.76. The van der Waals surface area contributed by atoms with E-state index >= 15 is 0 Å². The first-order valence-electron chi connectivity index (χ1n) is 25.1. The number of rotatable bonds is 46. The molecule has 6 heteroatoms. The highest BCUT2D eigenvalue weighted by Gasteiger charge is 2.18. The van der Waals surface area contributed by atoms with Crippen molar-refractivity contribution >= 4 is 11.9 Å². The summed E-state index contributed by atoms with van der Waals surface area (Å²) in [6, 6.07) is -0.631. The summed E-state index contributed by atoms with van der Waals surface area (Å²) in [4.78, 5) is 24.4. The second-order valence-electron chi connectivity index (χ2n) is 17.1. The number of aliphatic hydroxyl groups excluding tert-OH is 2. The fourth-order valence-electron chi connectivity index (χ4n) is 7.55. The lowest BCUT2D eigenvalue weighted by molar-refractivity contribution is -0.143. The molecular weight excluding hydrogens is 707 g/mol. The van der Waals surface area contributed by atoms with Crippen molar-refractivity contribution in [1.82, 2.24) is 5.32 Å². The van der Waals surface area contributed by atoms with Crippen LogP contribution in [0.3, 0.4) is 0 Å². The van der Waals surface area contributed by atoms with Crippen LogP contribution >= 0.6 is 0 Å². The van der Waals surface area contributed by atoms with Gasteiger partial charge in [0.2, 0.25) is 5.91 Å². The van der Waals surface area contributed by atoms with Crippen LogP contribution in [0, 0.1) is 0 Å². The number of allylic oxidation sites excluding steroid dienone is 3. The Balaban J connectivity index is 3.46. The third-order valence-corrected chi connectivity index (χ3v) is 11.5. The monoisotopic (exact) mass is 804 g/mol. The van der Waals surface area contributed by atoms with Gasteiger partial charge in [-0.1, -0.05) is 224 Å². The minimum Gasteiger partial charge on any atom is -0.466 e. The highest BCUT2D eigenvalue weighted by atomic mass is 16.5. The van der Waals surface area contributed by atoms with E-state index in [9.17, 15) is 19.8 Å². The minimum absolute atomic E-state index is 0.00943. The van der Waals surface area contributed by atoms with Crippen molar-refractivity contribution in [2.75, 3.05) is 13.2 Å². The molecule has 3 N–H and O–H groups in total. The zero-order valence-corrected chi connectivity index (χ0v) is 38.1. The molecule has 0 radical (unpaired) electrons. The van der Waals surface area contributed by atoms with Crippen LogP contribution in [-0.4, -0.2) is 47.4 Å². The average molecular weight is 804 g/mol. The molecule has 336 valence electrons. The fourth-order valence-corrected chi connectivity index (χ4v) is 7.55. The Kier molecular flexibility index (Phi) is 45.7. The summed E-state index contributed by atoms with van der Waals surface area (Å²) >= 11 is 0. The summed E-state index contributed by atoms with van der Waals surface area (Å²) in [5.41, 5.74) is 0. The van der Waals surface area contributed by atoms with Crippen LogP contribution in [0.1, 0.15) is 264 Å². The quantitative estimate of drug-likeness (QED) is 0.0324. The molecule has 0 rings (SSSR count). The van der Waals surface area contributed by atoms with Gasteiger partial charge in [0.1, 0.15) is 0 Å². The van der Waals surface area contributed by atoms with Crippen molar-refractivity contribution in [2.45, 2.75) is 276 Å². The summed E-state index contributed by atoms with van der Waals surface area (Å²) in [6.45, 7) is 4.84. The standard InChI is InChI=1S/C51H97NO5/c1-3-5-7-9-11-13-15-20-24-27-31-35-39-43-49(54)48(47-53)52-50(55)44-40-36-32-28-25-21-18-16-17-19-22-26-30-34-38-42-46-57-51(56)45-41-37-33-29-23-14-12-10-8-6-4-2/h10,12,39,43,48-49,53-54H,3-9,11,13-38,40-42,44-47H2,1-2H3,(H,52,55)/b12-10-,43-39+. The Morgan fingerprint density at radius 1 is 0.474 bits per heavy atom. The van der Waals surface area contributed by atoms with E-state index in [2.05, 4.69) is 31.3 Å². The van der Waals surface area contributed by atoms with Crippen molar-refractivity contribution in [3.8, 4) is 0 Å². The average Bonchev–Trinajstić information content (AvgIpc) is 3.21. The van der Waals surface area contributed by atoms with Gasteiger partial charge in [-0.15, -0.1) is 0 Å². The maximum Gasteiger partial charge on any atom is 0.305 e. The van der Waals surface area contributed by atoms with Crippen LogP contribution in [0.25, 0.3) is 0 Å². The first-order valence-corrected chi connectivity index (χ1v) is 25.1. The van der Waals surface area contributed by atoms with E-state index in [0.29, 0.717) is 19.4 Å². The predicted molar refractivity (Wildman–Crippen MR) is 246 cm³/mol. The molecule has 57 heavy (non-hydrogen) atoms. The van der Waals surface area contributed by atoms with E-state index < -0.39 is 12.1 Å². The van der Waals surface area contributed by atoms with E-state index in [1.54, 1.807) is 6.08 Å². The molecule has 2 unspecified atom stereocenters. The van der Waals surface area contributed by atoms with Crippen LogP contribution in [0.5, 0.6) is 0 Å². The summed E-state index contributed by atoms with van der Waals surface area (Å²) in [7, 11) is 0. The molecule has 0 bridgehead atoms. The first kappa shape index (κ1) is 55.3. The topological polar surface area (TPSA) is 95.9 Å². The number of hydrogen-bond acceptors (Lipinski definition) is 5. The molecule has 0 aliphatic carbocycles. The molecule has 0 saturated carbocycles. The Labute approximate surface area is 354 Å². The number of carbonyl (C=O) groups excluding carboxylic acids is 2. The van der Waals surface area contributed by atoms with Crippen molar-refractivity contribution in [1.29, 1.82) is 0 Å². The molecule has 0 saturated heterocycles. The van der Waals surface area contributed by atoms with E-state index in [0.717, 1.165) is 44.9 Å². The van der Waals surface area contributed by atoms with Crippen LogP contribution in [0.4, 0.5) is 0 Å². The van der Waals surface area contributed by atoms with Gasteiger partial charge in [-0.3, -0.25) is 9.59 Å². The molecule has 2 atom stereocenters. The molecule has 0 aromatic rings. The molecule has 0 aromatic carbocycles. The molecule has 0 aliphatic heterocycles. The SMILES string of the molecule is CCCC/C=C\CCCCCCCC(=O)OCCCCCCCCCCCCCCCCCCC(=O)NC(CO)C(O)/C=C/CCCCCCCCCCCCC. The van der Waals surface area contributed by atoms with Crippen molar-refractivity contribution in [2.24, 2.45) is 0 Å². The van der Waals surface area contributed by atoms with Crippen molar-refractivity contribution in [3.63, 3.8) is 0 Å². The van der Waals surface area contributed by atoms with Gasteiger partial charge in [-0.05, 0) is 51.4 Å². The van der Waals surface area contributed by atoms with Gasteiger partial charge in [0.15, 0.2) is 0 Å². The van der Waals surface area contributed by atoms with Gasteiger partial charge in [0.25, 0.3) is 0 Å². The van der Waals surface area contributed by atoms with Crippen LogP contribution < -0.4 is 5.32 Å². The second-order valence-corrected chi connectivity index (χ2v) is 17.1. The third-order valence-electron chi connectivity index (χ3n) is 11.5. The zero-order valence-electron chi connectivity index (χ0n) is 38.1. The van der Waals surface area contributed by atoms with E-state index in [1.807, 2.05) is 6.08 Å². The number of amides is 1. The summed E-state index contributed by atoms with van der Waals surface area (Å²) in [5, 5.41) is 23.0. The van der Waals surface area contributed by atoms with Gasteiger partial charge in [-0.25, -0.2) is 0 Å². The smallest absolute Gasteiger partial charge is 0.305 e. The number of ether oxygens (including phenoxy) is 1. The lowest BCUT2D eigenvalue weighted by Gasteiger charge is -2.20. The van der Waals surface area contributed by atoms with Gasteiger partial charge in [-0.2, -0.15) is 0 Å². The molecule has 1 amide bonds. The largest absolute Gasteiger partial charge is 0.466 e. The molecule has 0 aliphatic rings. The van der Waals surface area contributed by atoms with Gasteiger partial charge in [0.05, 0.1) is 25.4 Å². The lowest BCUT2D eigenvalue weighted by Crippen LogP contribution is -2.45. The predicted octanol–water partition coefficient (Wildman–Crippen LogP) is 14.7. The Morgan fingerprint density at radius 2 is 0.842 bits per heavy atom. The maximum atomic E-state index is 12.4. The normalized spacial score (nSPS) is 12.8. The van der Waals surface area contributed by atoms with Gasteiger partial charge >= 0.3 is 5.97 Å². The highest BCUT2D eigenvalue weighted by Crippen LogP contribution is 2.16. The number of esters is 1. The number of nitrogens with one attached hydrogen (secondary N) is 1. The van der Waals surface area contributed by atoms with Gasteiger partial charge in [0, 0.05) is 12.8 Å². The minimum atomic E-state index is -0.847. The Hall–Kier alpha value is -1.66. The van der Waals surface area contributed by atoms with E-state index in [-0.39, 0.29) is 18.5 Å². The second kappa shape index (κ2) is 47.0. The maximum absolute atomic E-state index is 12.4. The summed E-state index contributed by atoms with van der Waals surface area (Å²) < 4.78 is 5.44. The molecule has 0 heterocycles. The Morgan fingerprint density at radius 3 is 1.30 bits per heavy atom. The van der Waals surface area contributed by atoms with Crippen LogP contribution in [0.2, 0.25) is 0 Å². The van der Waals surface area contributed by atoms with Crippen molar-refractivity contribution in [3.05, 3.63) is 24.3 Å². The number of unbranched alkanes of at least 4 members (excludes halogenated alkanes) is 33. The van der Waals surface area contributed by atoms with Crippen LogP contribution in [0.15, 0.2) is 24.3 Å². The zero-order chi connectivity index (χ0) is 41.5. The van der Waals surface area contributed by atoms with E-state index in [4.69, 9.17) is 4.74 Å². The number of hydrogen-bond donors (Lipinski definition) is 3. The third kappa shape index (κ3) is 43.7. The molecule has 0 spiro atoms. The summed E-state index contributed by atoms with van der Waals surface area (Å²) in [6.07, 6.45) is 54.6. The molecule has 6 nitrogen and oxygen atoms in total. The summed E-state index contributed by atoms with van der Waals surface area (Å²) in [5.74, 6) is -0.0851. The van der Waals surface area contributed by atoms with Gasteiger partial charge < -0.3 is 20.3 Å².